The topological polar surface area (TPSA) is 78.9 Å². The third-order valence-corrected chi connectivity index (χ3v) is 12.4. The molecule has 0 amide bonds. The molecule has 0 rings (SSSR count). The van der Waals surface area contributed by atoms with Crippen LogP contribution in [0.3, 0.4) is 0 Å². The van der Waals surface area contributed by atoms with Crippen molar-refractivity contribution in [3.8, 4) is 0 Å². The molecule has 396 valence electrons. The first-order chi connectivity index (χ1) is 34.0. The van der Waals surface area contributed by atoms with Gasteiger partial charge in [-0.3, -0.25) is 14.4 Å². The minimum Gasteiger partial charge on any atom is -0.462 e. The first-order valence-electron chi connectivity index (χ1n) is 29.1. The van der Waals surface area contributed by atoms with E-state index in [2.05, 4.69) is 106 Å². The van der Waals surface area contributed by atoms with Crippen molar-refractivity contribution in [1.29, 1.82) is 0 Å². The number of carbonyl (C=O) groups is 3. The zero-order valence-corrected chi connectivity index (χ0v) is 45.3. The molecule has 0 radical (unpaired) electrons. The summed E-state index contributed by atoms with van der Waals surface area (Å²) in [7, 11) is 0. The Bertz CT molecular complexity index is 1330. The van der Waals surface area contributed by atoms with Crippen LogP contribution in [0.2, 0.25) is 0 Å². The van der Waals surface area contributed by atoms with Crippen molar-refractivity contribution >= 4 is 17.9 Å². The van der Waals surface area contributed by atoms with Crippen LogP contribution >= 0.6 is 0 Å². The Kier molecular flexibility index (Phi) is 54.3. The third kappa shape index (κ3) is 55.4. The fourth-order valence-corrected chi connectivity index (χ4v) is 8.02. The van der Waals surface area contributed by atoms with Crippen LogP contribution in [0.4, 0.5) is 0 Å². The van der Waals surface area contributed by atoms with Crippen molar-refractivity contribution in [3.63, 3.8) is 0 Å². The maximum Gasteiger partial charge on any atom is 0.306 e. The van der Waals surface area contributed by atoms with Crippen LogP contribution in [0, 0.1) is 0 Å². The summed E-state index contributed by atoms with van der Waals surface area (Å²) in [5.74, 6) is -0.939. The number of carbonyl (C=O) groups excluding carboxylic acids is 3. The van der Waals surface area contributed by atoms with Crippen LogP contribution in [-0.2, 0) is 28.6 Å². The van der Waals surface area contributed by atoms with Gasteiger partial charge >= 0.3 is 17.9 Å². The minimum absolute atomic E-state index is 0.0932. The lowest BCUT2D eigenvalue weighted by Crippen LogP contribution is -2.30. The van der Waals surface area contributed by atoms with E-state index in [0.29, 0.717) is 19.3 Å². The van der Waals surface area contributed by atoms with Gasteiger partial charge in [-0.2, -0.15) is 0 Å². The van der Waals surface area contributed by atoms with E-state index in [1.807, 2.05) is 0 Å². The van der Waals surface area contributed by atoms with Gasteiger partial charge < -0.3 is 14.2 Å². The average Bonchev–Trinajstić information content (AvgIpc) is 3.35. The van der Waals surface area contributed by atoms with Crippen LogP contribution in [0.1, 0.15) is 278 Å². The molecule has 1 atom stereocenters. The molecule has 1 unspecified atom stereocenters. The quantitative estimate of drug-likeness (QED) is 0.0262. The van der Waals surface area contributed by atoms with E-state index in [0.717, 1.165) is 103 Å². The zero-order valence-electron chi connectivity index (χ0n) is 45.3. The van der Waals surface area contributed by atoms with E-state index in [1.54, 1.807) is 0 Å². The van der Waals surface area contributed by atoms with Crippen molar-refractivity contribution in [3.05, 3.63) is 85.1 Å². The molecule has 6 heteroatoms. The zero-order chi connectivity index (χ0) is 50.0. The second-order valence-corrected chi connectivity index (χ2v) is 19.2. The molecule has 0 aliphatic heterocycles. The van der Waals surface area contributed by atoms with E-state index in [-0.39, 0.29) is 31.1 Å². The second kappa shape index (κ2) is 57.2. The summed E-state index contributed by atoms with van der Waals surface area (Å²) < 4.78 is 16.8. The van der Waals surface area contributed by atoms with Gasteiger partial charge in [0.2, 0.25) is 0 Å². The van der Waals surface area contributed by atoms with Gasteiger partial charge in [-0.25, -0.2) is 0 Å². The van der Waals surface area contributed by atoms with Gasteiger partial charge in [-0.05, 0) is 89.9 Å². The summed E-state index contributed by atoms with van der Waals surface area (Å²) in [5.41, 5.74) is 0. The van der Waals surface area contributed by atoms with Crippen LogP contribution in [-0.4, -0.2) is 37.2 Å². The fraction of sp³-hybridized carbons (Fsp3) is 0.730. The van der Waals surface area contributed by atoms with E-state index >= 15 is 0 Å². The van der Waals surface area contributed by atoms with E-state index in [1.165, 1.54) is 135 Å². The number of esters is 3. The first-order valence-corrected chi connectivity index (χ1v) is 29.1. The van der Waals surface area contributed by atoms with Crippen molar-refractivity contribution in [1.82, 2.24) is 0 Å². The molecule has 0 saturated carbocycles. The highest BCUT2D eigenvalue weighted by Gasteiger charge is 2.19. The van der Waals surface area contributed by atoms with Crippen LogP contribution in [0.15, 0.2) is 85.1 Å². The number of hydrogen-bond acceptors (Lipinski definition) is 6. The molecule has 0 N–H and O–H groups in total. The van der Waals surface area contributed by atoms with E-state index in [9.17, 15) is 14.4 Å². The Morgan fingerprint density at radius 3 is 0.971 bits per heavy atom. The Balaban J connectivity index is 4.40. The number of ether oxygens (including phenoxy) is 3. The van der Waals surface area contributed by atoms with Crippen molar-refractivity contribution in [2.75, 3.05) is 13.2 Å². The maximum atomic E-state index is 12.9. The molecule has 0 aromatic rings. The van der Waals surface area contributed by atoms with E-state index in [4.69, 9.17) is 14.2 Å². The lowest BCUT2D eigenvalue weighted by atomic mass is 10.0. The summed E-state index contributed by atoms with van der Waals surface area (Å²) in [6, 6.07) is 0. The van der Waals surface area contributed by atoms with Gasteiger partial charge in [0.1, 0.15) is 13.2 Å². The predicted molar refractivity (Wildman–Crippen MR) is 297 cm³/mol. The molecule has 69 heavy (non-hydrogen) atoms. The molecule has 0 saturated heterocycles. The molecular formula is C63H108O6. The van der Waals surface area contributed by atoms with Crippen molar-refractivity contribution < 1.29 is 28.6 Å². The fourth-order valence-electron chi connectivity index (χ4n) is 8.02. The number of rotatable bonds is 52. The number of hydrogen-bond donors (Lipinski definition) is 0. The van der Waals surface area contributed by atoms with Gasteiger partial charge in [0.25, 0.3) is 0 Å². The van der Waals surface area contributed by atoms with Gasteiger partial charge in [0, 0.05) is 19.3 Å². The number of allylic oxidation sites excluding steroid dienone is 14. The largest absolute Gasteiger partial charge is 0.462 e. The molecule has 6 nitrogen and oxygen atoms in total. The Morgan fingerprint density at radius 1 is 0.304 bits per heavy atom. The first kappa shape index (κ1) is 65.6. The molecule has 0 spiro atoms. The smallest absolute Gasteiger partial charge is 0.306 e. The molecule has 0 fully saturated rings. The van der Waals surface area contributed by atoms with E-state index < -0.39 is 6.10 Å². The molecule has 0 aliphatic carbocycles. The normalized spacial score (nSPS) is 12.7. The highest BCUT2D eigenvalue weighted by molar-refractivity contribution is 5.71. The van der Waals surface area contributed by atoms with Gasteiger partial charge in [-0.1, -0.05) is 254 Å². The molecular weight excluding hydrogens is 853 g/mol. The molecule has 0 bridgehead atoms. The van der Waals surface area contributed by atoms with Gasteiger partial charge in [0.05, 0.1) is 0 Å². The monoisotopic (exact) mass is 961 g/mol. The summed E-state index contributed by atoms with van der Waals surface area (Å²) in [6.07, 6.45) is 74.4. The molecule has 0 aromatic heterocycles. The third-order valence-electron chi connectivity index (χ3n) is 12.4. The highest BCUT2D eigenvalue weighted by Crippen LogP contribution is 2.16. The van der Waals surface area contributed by atoms with Crippen molar-refractivity contribution in [2.24, 2.45) is 0 Å². The predicted octanol–water partition coefficient (Wildman–Crippen LogP) is 19.5. The Morgan fingerprint density at radius 2 is 0.580 bits per heavy atom. The molecule has 0 heterocycles. The summed E-state index contributed by atoms with van der Waals surface area (Å²) >= 11 is 0. The minimum atomic E-state index is -0.796. The van der Waals surface area contributed by atoms with Gasteiger partial charge in [-0.15, -0.1) is 0 Å². The average molecular weight is 962 g/mol. The SMILES string of the molecule is CC/C=C\C/C=C\C/C=C\C/C=C\C/C=C\C/C=C\CCCCC(=O)OCC(COC(=O)CCCCCCC/C=C\CCCC)OC(=O)CCCCCCCCCCCCCCCCCCCCC. The van der Waals surface area contributed by atoms with Crippen LogP contribution in [0.5, 0.6) is 0 Å². The maximum absolute atomic E-state index is 12.9. The summed E-state index contributed by atoms with van der Waals surface area (Å²) in [6.45, 7) is 6.46. The Labute approximate surface area is 426 Å². The lowest BCUT2D eigenvalue weighted by Gasteiger charge is -2.18. The molecule has 0 aliphatic rings. The van der Waals surface area contributed by atoms with Crippen LogP contribution in [0.25, 0.3) is 0 Å². The summed E-state index contributed by atoms with van der Waals surface area (Å²) in [4.78, 5) is 38.1. The summed E-state index contributed by atoms with van der Waals surface area (Å²) in [5, 5.41) is 0. The Hall–Kier alpha value is -3.41. The second-order valence-electron chi connectivity index (χ2n) is 19.2. The highest BCUT2D eigenvalue weighted by atomic mass is 16.6. The number of unbranched alkanes of at least 4 members (excludes halogenated alkanes) is 27. The van der Waals surface area contributed by atoms with Gasteiger partial charge in [0.15, 0.2) is 6.10 Å². The standard InChI is InChI=1S/C63H108O6/c1-4-7-10-13-16-19-22-24-26-28-30-31-33-34-36-38-41-44-47-50-53-56-62(65)68-59-60(58-67-61(64)55-52-49-46-43-40-21-18-15-12-9-6-3)69-63(66)57-54-51-48-45-42-39-37-35-32-29-27-25-23-20-17-14-11-8-5-2/h7,10,15-16,18-19,24,26,30-31,34,36,41,44,60H,4-6,8-9,11-14,17,20-23,25,27-29,32-33,35,37-40,42-43,45-59H2,1-3H3/b10-7-,18-15-,19-16-,26-24-,31-30-,36-34-,44-41-. The molecule has 0 aromatic carbocycles. The van der Waals surface area contributed by atoms with Crippen molar-refractivity contribution in [2.45, 2.75) is 284 Å². The van der Waals surface area contributed by atoms with Crippen LogP contribution < -0.4 is 0 Å². The lowest BCUT2D eigenvalue weighted by molar-refractivity contribution is -0.167.